The van der Waals surface area contributed by atoms with Crippen LogP contribution in [0.2, 0.25) is 0 Å². The third-order valence-corrected chi connectivity index (χ3v) is 6.71. The molecular weight excluding hydrogens is 404 g/mol. The van der Waals surface area contributed by atoms with Crippen LogP contribution < -0.4 is 5.32 Å². The zero-order chi connectivity index (χ0) is 22.9. The lowest BCUT2D eigenvalue weighted by Crippen LogP contribution is -2.43. The number of ether oxygens (including phenoxy) is 1. The lowest BCUT2D eigenvalue weighted by Gasteiger charge is -2.24. The second kappa shape index (κ2) is 12.4. The van der Waals surface area contributed by atoms with Crippen molar-refractivity contribution in [1.82, 2.24) is 20.0 Å². The number of carbonyl (C=O) groups excluding carboxylic acids is 2. The van der Waals surface area contributed by atoms with E-state index >= 15 is 0 Å². The van der Waals surface area contributed by atoms with E-state index in [1.165, 1.54) is 25.7 Å². The van der Waals surface area contributed by atoms with E-state index in [4.69, 9.17) is 4.74 Å². The van der Waals surface area contributed by atoms with Gasteiger partial charge in [0.1, 0.15) is 6.10 Å². The molecule has 2 saturated carbocycles. The van der Waals surface area contributed by atoms with E-state index < -0.39 is 6.10 Å². The lowest BCUT2D eigenvalue weighted by atomic mass is 10.1. The van der Waals surface area contributed by atoms with Crippen molar-refractivity contribution in [2.24, 2.45) is 0 Å². The van der Waals surface area contributed by atoms with Gasteiger partial charge < -0.3 is 15.0 Å². The minimum atomic E-state index is -0.452. The molecule has 7 nitrogen and oxygen atoms in total. The van der Waals surface area contributed by atoms with Crippen LogP contribution in [-0.4, -0.2) is 57.8 Å². The molecule has 1 atom stereocenters. The maximum absolute atomic E-state index is 13.3. The fraction of sp³-hybridized carbons (Fsp3) is 0.800. The van der Waals surface area contributed by atoms with Crippen LogP contribution in [0.25, 0.3) is 0 Å². The van der Waals surface area contributed by atoms with Gasteiger partial charge in [-0.15, -0.1) is 0 Å². The largest absolute Gasteiger partial charge is 0.365 e. The molecule has 0 aromatic carbocycles. The molecule has 1 heterocycles. The van der Waals surface area contributed by atoms with Crippen LogP contribution in [0, 0.1) is 0 Å². The minimum Gasteiger partial charge on any atom is -0.365 e. The van der Waals surface area contributed by atoms with E-state index in [1.807, 2.05) is 16.5 Å². The molecule has 3 rings (SSSR count). The van der Waals surface area contributed by atoms with Crippen LogP contribution in [0.4, 0.5) is 0 Å². The second-order valence-electron chi connectivity index (χ2n) is 9.35. The van der Waals surface area contributed by atoms with Gasteiger partial charge >= 0.3 is 0 Å². The van der Waals surface area contributed by atoms with Gasteiger partial charge in [0, 0.05) is 25.7 Å². The van der Waals surface area contributed by atoms with Gasteiger partial charge in [-0.2, -0.15) is 5.10 Å². The zero-order valence-electron chi connectivity index (χ0n) is 20.3. The average molecular weight is 447 g/mol. The summed E-state index contributed by atoms with van der Waals surface area (Å²) in [7, 11) is 0. The number of unbranched alkanes of at least 4 members (excludes halogenated alkanes) is 1. The molecule has 2 aliphatic rings. The van der Waals surface area contributed by atoms with E-state index in [0.29, 0.717) is 18.7 Å². The Kier molecular flexibility index (Phi) is 9.57. The molecule has 2 aliphatic carbocycles. The third kappa shape index (κ3) is 6.80. The summed E-state index contributed by atoms with van der Waals surface area (Å²) < 4.78 is 8.01. The molecule has 180 valence electrons. The number of carbonyl (C=O) groups is 2. The number of nitrogens with zero attached hydrogens (tertiary/aromatic N) is 3. The number of hydrogen-bond donors (Lipinski definition) is 1. The van der Waals surface area contributed by atoms with Crippen molar-refractivity contribution >= 4 is 11.8 Å². The quantitative estimate of drug-likeness (QED) is 0.491. The summed E-state index contributed by atoms with van der Waals surface area (Å²) in [5, 5.41) is 7.47. The highest BCUT2D eigenvalue weighted by molar-refractivity contribution is 5.95. The second-order valence-corrected chi connectivity index (χ2v) is 9.35. The van der Waals surface area contributed by atoms with E-state index in [0.717, 1.165) is 57.2 Å². The van der Waals surface area contributed by atoms with Crippen molar-refractivity contribution in [3.63, 3.8) is 0 Å². The topological polar surface area (TPSA) is 76.5 Å². The first-order valence-electron chi connectivity index (χ1n) is 12.8. The number of aromatic nitrogens is 2. The Labute approximate surface area is 193 Å². The van der Waals surface area contributed by atoms with Gasteiger partial charge in [0.05, 0.1) is 23.6 Å². The fourth-order valence-electron chi connectivity index (χ4n) is 4.63. The number of aryl methyl sites for hydroxylation is 1. The first kappa shape index (κ1) is 24.7. The predicted molar refractivity (Wildman–Crippen MR) is 126 cm³/mol. The normalized spacial score (nSPS) is 18.2. The van der Waals surface area contributed by atoms with Crippen LogP contribution in [0.3, 0.4) is 0 Å². The number of rotatable bonds is 12. The van der Waals surface area contributed by atoms with Crippen molar-refractivity contribution in [2.45, 2.75) is 116 Å². The number of nitrogens with one attached hydrogen (secondary N) is 1. The molecule has 0 saturated heterocycles. The molecule has 0 spiro atoms. The van der Waals surface area contributed by atoms with E-state index in [-0.39, 0.29) is 24.0 Å². The van der Waals surface area contributed by atoms with Crippen molar-refractivity contribution < 1.29 is 14.3 Å². The molecule has 1 unspecified atom stereocenters. The Morgan fingerprint density at radius 1 is 1.19 bits per heavy atom. The number of hydrogen-bond acceptors (Lipinski definition) is 4. The summed E-state index contributed by atoms with van der Waals surface area (Å²) in [6.45, 7) is 7.90. The predicted octanol–water partition coefficient (Wildman–Crippen LogP) is 4.09. The highest BCUT2D eigenvalue weighted by atomic mass is 16.5. The maximum atomic E-state index is 13.3. The van der Waals surface area contributed by atoms with Crippen molar-refractivity contribution in [2.75, 3.05) is 13.1 Å². The van der Waals surface area contributed by atoms with Crippen molar-refractivity contribution in [1.29, 1.82) is 0 Å². The summed E-state index contributed by atoms with van der Waals surface area (Å²) in [5.74, 6) is -0.0387. The van der Waals surface area contributed by atoms with Gasteiger partial charge in [0.25, 0.3) is 5.91 Å². The van der Waals surface area contributed by atoms with Crippen LogP contribution >= 0.6 is 0 Å². The first-order chi connectivity index (χ1) is 15.5. The fourth-order valence-corrected chi connectivity index (χ4v) is 4.63. The summed E-state index contributed by atoms with van der Waals surface area (Å²) >= 11 is 0. The first-order valence-corrected chi connectivity index (χ1v) is 12.8. The summed E-state index contributed by atoms with van der Waals surface area (Å²) in [6.07, 6.45) is 13.5. The smallest absolute Gasteiger partial charge is 0.257 e. The molecule has 0 radical (unpaired) electrons. The molecule has 7 heteroatoms. The summed E-state index contributed by atoms with van der Waals surface area (Å²) in [4.78, 5) is 27.8. The standard InChI is InChI=1S/C25H42N4O3/c1-4-6-16-29-23(5-2)22(18-27-29)25(31)28(20-13-14-20)17-15-26-24(30)19(3)32-21-11-9-7-8-10-12-21/h18-21H,4-17H2,1-3H3,(H,26,30). The zero-order valence-corrected chi connectivity index (χ0v) is 20.3. The average Bonchev–Trinajstić information content (AvgIpc) is 3.59. The third-order valence-electron chi connectivity index (χ3n) is 6.71. The van der Waals surface area contributed by atoms with Gasteiger partial charge in [-0.25, -0.2) is 0 Å². The highest BCUT2D eigenvalue weighted by Crippen LogP contribution is 2.29. The van der Waals surface area contributed by atoms with Gasteiger partial charge in [-0.3, -0.25) is 14.3 Å². The van der Waals surface area contributed by atoms with Crippen molar-refractivity contribution in [3.8, 4) is 0 Å². The molecule has 2 fully saturated rings. The Bertz CT molecular complexity index is 736. The molecule has 32 heavy (non-hydrogen) atoms. The molecule has 1 N–H and O–H groups in total. The van der Waals surface area contributed by atoms with E-state index in [1.54, 1.807) is 6.20 Å². The molecule has 0 aliphatic heterocycles. The van der Waals surface area contributed by atoms with Gasteiger partial charge in [0.2, 0.25) is 5.91 Å². The highest BCUT2D eigenvalue weighted by Gasteiger charge is 2.34. The minimum absolute atomic E-state index is 0.0455. The Balaban J connectivity index is 1.52. The van der Waals surface area contributed by atoms with Crippen LogP contribution in [-0.2, 0) is 22.5 Å². The van der Waals surface area contributed by atoms with Crippen LogP contribution in [0.15, 0.2) is 6.20 Å². The van der Waals surface area contributed by atoms with Crippen LogP contribution in [0.1, 0.15) is 101 Å². The molecule has 0 bridgehead atoms. The van der Waals surface area contributed by atoms with Crippen LogP contribution in [0.5, 0.6) is 0 Å². The summed E-state index contributed by atoms with van der Waals surface area (Å²) in [6, 6.07) is 0.280. The Morgan fingerprint density at radius 3 is 2.53 bits per heavy atom. The van der Waals surface area contributed by atoms with E-state index in [2.05, 4.69) is 24.3 Å². The van der Waals surface area contributed by atoms with E-state index in [9.17, 15) is 9.59 Å². The SMILES string of the molecule is CCCCn1ncc(C(=O)N(CCNC(=O)C(C)OC2CCCCCC2)C2CC2)c1CC. The molecule has 1 aromatic rings. The lowest BCUT2D eigenvalue weighted by molar-refractivity contribution is -0.135. The Hall–Kier alpha value is -1.89. The Morgan fingerprint density at radius 2 is 1.91 bits per heavy atom. The molecule has 1 aromatic heterocycles. The molecule has 2 amide bonds. The van der Waals surface area contributed by atoms with Gasteiger partial charge in [-0.05, 0) is 45.4 Å². The molecular formula is C25H42N4O3. The summed E-state index contributed by atoms with van der Waals surface area (Å²) in [5.41, 5.74) is 1.73. The van der Waals surface area contributed by atoms with Crippen molar-refractivity contribution in [3.05, 3.63) is 17.5 Å². The monoisotopic (exact) mass is 446 g/mol. The van der Waals surface area contributed by atoms with Gasteiger partial charge in [-0.1, -0.05) is 46.0 Å². The maximum Gasteiger partial charge on any atom is 0.257 e. The number of amides is 2. The van der Waals surface area contributed by atoms with Gasteiger partial charge in [0.15, 0.2) is 0 Å².